The van der Waals surface area contributed by atoms with E-state index in [0.717, 1.165) is 5.56 Å². The molecule has 28 heavy (non-hydrogen) atoms. The van der Waals surface area contributed by atoms with E-state index in [-0.39, 0.29) is 24.8 Å². The normalized spacial score (nSPS) is 10.2. The summed E-state index contributed by atoms with van der Waals surface area (Å²) >= 11 is 6.00. The Balaban J connectivity index is 1.53. The fourth-order valence-electron chi connectivity index (χ4n) is 2.56. The molecular formula is C22H19ClN2O3. The van der Waals surface area contributed by atoms with Crippen LogP contribution in [0.1, 0.15) is 5.56 Å². The van der Waals surface area contributed by atoms with Crippen molar-refractivity contribution in [3.8, 4) is 5.75 Å². The minimum Gasteiger partial charge on any atom is -0.482 e. The van der Waals surface area contributed by atoms with Crippen molar-refractivity contribution in [2.75, 3.05) is 17.2 Å². The van der Waals surface area contributed by atoms with E-state index in [1.807, 2.05) is 30.3 Å². The average Bonchev–Trinajstić information content (AvgIpc) is 2.68. The summed E-state index contributed by atoms with van der Waals surface area (Å²) in [5.41, 5.74) is 2.09. The number of amides is 2. The van der Waals surface area contributed by atoms with Crippen LogP contribution in [0.4, 0.5) is 11.4 Å². The van der Waals surface area contributed by atoms with Crippen molar-refractivity contribution in [2.45, 2.75) is 6.42 Å². The molecular weight excluding hydrogens is 376 g/mol. The van der Waals surface area contributed by atoms with E-state index >= 15 is 0 Å². The number of hydrogen-bond donors (Lipinski definition) is 2. The number of nitrogens with one attached hydrogen (secondary N) is 2. The Morgan fingerprint density at radius 2 is 1.43 bits per heavy atom. The van der Waals surface area contributed by atoms with Crippen LogP contribution in [0, 0.1) is 0 Å². The fourth-order valence-corrected chi connectivity index (χ4v) is 2.75. The van der Waals surface area contributed by atoms with Crippen molar-refractivity contribution >= 4 is 34.8 Å². The Morgan fingerprint density at radius 1 is 0.786 bits per heavy atom. The first-order valence-electron chi connectivity index (χ1n) is 8.71. The van der Waals surface area contributed by atoms with Crippen LogP contribution in [0.15, 0.2) is 78.9 Å². The smallest absolute Gasteiger partial charge is 0.262 e. The predicted octanol–water partition coefficient (Wildman–Crippen LogP) is 4.54. The van der Waals surface area contributed by atoms with E-state index in [1.165, 1.54) is 0 Å². The van der Waals surface area contributed by atoms with Gasteiger partial charge in [0.1, 0.15) is 5.75 Å². The molecule has 142 valence electrons. The van der Waals surface area contributed by atoms with Gasteiger partial charge in [0.2, 0.25) is 5.91 Å². The largest absolute Gasteiger partial charge is 0.482 e. The van der Waals surface area contributed by atoms with Gasteiger partial charge in [-0.1, -0.05) is 60.1 Å². The maximum atomic E-state index is 12.2. The number of hydrogen-bond acceptors (Lipinski definition) is 3. The molecule has 0 saturated heterocycles. The van der Waals surface area contributed by atoms with Crippen molar-refractivity contribution in [3.63, 3.8) is 0 Å². The monoisotopic (exact) mass is 394 g/mol. The standard InChI is InChI=1S/C22H19ClN2O3/c23-19-11-4-5-12-20(19)28-15-22(27)25-18-10-6-9-17(14-18)24-21(26)13-16-7-2-1-3-8-16/h1-12,14H,13,15H2,(H,24,26)(H,25,27). The number of benzene rings is 3. The highest BCUT2D eigenvalue weighted by Crippen LogP contribution is 2.23. The van der Waals surface area contributed by atoms with Crippen molar-refractivity contribution in [2.24, 2.45) is 0 Å². The number of anilines is 2. The molecule has 0 atom stereocenters. The van der Waals surface area contributed by atoms with Crippen molar-refractivity contribution in [3.05, 3.63) is 89.4 Å². The first-order chi connectivity index (χ1) is 13.6. The second kappa shape index (κ2) is 9.58. The second-order valence-electron chi connectivity index (χ2n) is 6.06. The zero-order valence-corrected chi connectivity index (χ0v) is 15.8. The summed E-state index contributed by atoms with van der Waals surface area (Å²) in [6.45, 7) is -0.172. The molecule has 0 unspecified atom stereocenters. The number of carbonyl (C=O) groups excluding carboxylic acids is 2. The lowest BCUT2D eigenvalue weighted by molar-refractivity contribution is -0.118. The molecule has 0 radical (unpaired) electrons. The maximum Gasteiger partial charge on any atom is 0.262 e. The Bertz CT molecular complexity index is 961. The first kappa shape index (κ1) is 19.5. The summed E-state index contributed by atoms with van der Waals surface area (Å²) in [7, 11) is 0. The minimum atomic E-state index is -0.326. The number of carbonyl (C=O) groups is 2. The molecule has 0 saturated carbocycles. The molecule has 0 aliphatic heterocycles. The van der Waals surface area contributed by atoms with Crippen molar-refractivity contribution in [1.29, 1.82) is 0 Å². The molecule has 0 bridgehead atoms. The number of rotatable bonds is 7. The highest BCUT2D eigenvalue weighted by Gasteiger charge is 2.08. The Labute approximate surface area is 168 Å². The predicted molar refractivity (Wildman–Crippen MR) is 111 cm³/mol. The van der Waals surface area contributed by atoms with E-state index < -0.39 is 0 Å². The van der Waals surface area contributed by atoms with Gasteiger partial charge in [-0.3, -0.25) is 9.59 Å². The summed E-state index contributed by atoms with van der Waals surface area (Å²) in [6.07, 6.45) is 0.281. The van der Waals surface area contributed by atoms with Crippen molar-refractivity contribution in [1.82, 2.24) is 0 Å². The van der Waals surface area contributed by atoms with Crippen LogP contribution in [0.2, 0.25) is 5.02 Å². The van der Waals surface area contributed by atoms with Gasteiger partial charge in [-0.25, -0.2) is 0 Å². The third-order valence-corrected chi connectivity index (χ3v) is 4.15. The van der Waals surface area contributed by atoms with E-state index in [2.05, 4.69) is 10.6 Å². The maximum absolute atomic E-state index is 12.2. The highest BCUT2D eigenvalue weighted by molar-refractivity contribution is 6.32. The van der Waals surface area contributed by atoms with Crippen LogP contribution < -0.4 is 15.4 Å². The number of para-hydroxylation sites is 1. The molecule has 0 aliphatic rings. The molecule has 3 rings (SSSR count). The van der Waals surface area contributed by atoms with Gasteiger partial charge < -0.3 is 15.4 Å². The van der Waals surface area contributed by atoms with E-state index in [0.29, 0.717) is 22.1 Å². The van der Waals surface area contributed by atoms with Gasteiger partial charge in [0, 0.05) is 11.4 Å². The molecule has 6 heteroatoms. The highest BCUT2D eigenvalue weighted by atomic mass is 35.5. The van der Waals surface area contributed by atoms with Crippen LogP contribution in [0.25, 0.3) is 0 Å². The summed E-state index contributed by atoms with van der Waals surface area (Å²) in [5.74, 6) is -0.00865. The molecule has 0 aliphatic carbocycles. The zero-order valence-electron chi connectivity index (χ0n) is 15.0. The Morgan fingerprint density at radius 3 is 2.14 bits per heavy atom. The van der Waals surface area contributed by atoms with Gasteiger partial charge in [0.05, 0.1) is 11.4 Å². The summed E-state index contributed by atoms with van der Waals surface area (Å²) in [5, 5.41) is 6.01. The lowest BCUT2D eigenvalue weighted by Crippen LogP contribution is -2.20. The van der Waals surface area contributed by atoms with E-state index in [1.54, 1.807) is 48.5 Å². The van der Waals surface area contributed by atoms with Crippen molar-refractivity contribution < 1.29 is 14.3 Å². The third kappa shape index (κ3) is 5.86. The molecule has 0 aromatic heterocycles. The van der Waals surface area contributed by atoms with Gasteiger partial charge >= 0.3 is 0 Å². The average molecular weight is 395 g/mol. The van der Waals surface area contributed by atoms with Gasteiger partial charge in [0.25, 0.3) is 5.91 Å². The zero-order chi connectivity index (χ0) is 19.8. The van der Waals surface area contributed by atoms with Gasteiger partial charge in [-0.05, 0) is 35.9 Å². The van der Waals surface area contributed by atoms with E-state index in [4.69, 9.17) is 16.3 Å². The topological polar surface area (TPSA) is 67.4 Å². The quantitative estimate of drug-likeness (QED) is 0.618. The van der Waals surface area contributed by atoms with Gasteiger partial charge in [-0.2, -0.15) is 0 Å². The molecule has 2 N–H and O–H groups in total. The van der Waals surface area contributed by atoms with Crippen LogP contribution in [0.3, 0.4) is 0 Å². The minimum absolute atomic E-state index is 0.128. The van der Waals surface area contributed by atoms with Crippen LogP contribution in [-0.4, -0.2) is 18.4 Å². The molecule has 3 aromatic carbocycles. The number of halogens is 1. The van der Waals surface area contributed by atoms with Crippen LogP contribution >= 0.6 is 11.6 Å². The lowest BCUT2D eigenvalue weighted by Gasteiger charge is -2.10. The molecule has 5 nitrogen and oxygen atoms in total. The molecule has 0 heterocycles. The molecule has 0 spiro atoms. The third-order valence-electron chi connectivity index (χ3n) is 3.83. The van der Waals surface area contributed by atoms with Crippen LogP contribution in [0.5, 0.6) is 5.75 Å². The first-order valence-corrected chi connectivity index (χ1v) is 9.09. The van der Waals surface area contributed by atoms with E-state index in [9.17, 15) is 9.59 Å². The fraction of sp³-hybridized carbons (Fsp3) is 0.0909. The van der Waals surface area contributed by atoms with Gasteiger partial charge in [0.15, 0.2) is 6.61 Å². The Kier molecular flexibility index (Phi) is 6.65. The molecule has 3 aromatic rings. The Hall–Kier alpha value is -3.31. The summed E-state index contributed by atoms with van der Waals surface area (Å²) in [6, 6.07) is 23.4. The SMILES string of the molecule is O=C(COc1ccccc1Cl)Nc1cccc(NC(=O)Cc2ccccc2)c1. The second-order valence-corrected chi connectivity index (χ2v) is 6.47. The number of ether oxygens (including phenoxy) is 1. The molecule has 0 fully saturated rings. The van der Waals surface area contributed by atoms with Crippen LogP contribution in [-0.2, 0) is 16.0 Å². The molecule has 2 amide bonds. The summed E-state index contributed by atoms with van der Waals surface area (Å²) in [4.78, 5) is 24.3. The lowest BCUT2D eigenvalue weighted by atomic mass is 10.1. The summed E-state index contributed by atoms with van der Waals surface area (Å²) < 4.78 is 5.42. The van der Waals surface area contributed by atoms with Gasteiger partial charge in [-0.15, -0.1) is 0 Å².